The summed E-state index contributed by atoms with van der Waals surface area (Å²) in [7, 11) is 0. The van der Waals surface area contributed by atoms with Crippen molar-refractivity contribution in [3.8, 4) is 0 Å². The highest BCUT2D eigenvalue weighted by Crippen LogP contribution is 2.77. The van der Waals surface area contributed by atoms with Gasteiger partial charge in [-0.3, -0.25) is 9.59 Å². The van der Waals surface area contributed by atoms with Gasteiger partial charge in [-0.25, -0.2) is 4.39 Å². The molecular formula is C30H44FNO4. The lowest BCUT2D eigenvalue weighted by atomic mass is 9.39. The topological polar surface area (TPSA) is 77.8 Å². The lowest BCUT2D eigenvalue weighted by Gasteiger charge is -2.65. The van der Waals surface area contributed by atoms with Crippen LogP contribution < -0.4 is 0 Å². The molecule has 5 aliphatic rings. The van der Waals surface area contributed by atoms with E-state index < -0.39 is 35.1 Å². The number of Topliss-reactive ketones (excluding diaryl/α,β-unsaturated/α-hetero) is 1. The smallest absolute Gasteiger partial charge is 0.178 e. The molecule has 5 nitrogen and oxygen atoms in total. The van der Waals surface area contributed by atoms with Crippen molar-refractivity contribution in [2.24, 2.45) is 45.3 Å². The van der Waals surface area contributed by atoms with Crippen LogP contribution in [0.3, 0.4) is 0 Å². The van der Waals surface area contributed by atoms with Crippen molar-refractivity contribution in [3.63, 3.8) is 0 Å². The predicted molar refractivity (Wildman–Crippen MR) is 137 cm³/mol. The predicted octanol–water partition coefficient (Wildman–Crippen LogP) is 4.13. The summed E-state index contributed by atoms with van der Waals surface area (Å²) in [6, 6.07) is 0. The Labute approximate surface area is 215 Å². The molecule has 0 spiro atoms. The molecule has 0 aromatic carbocycles. The number of hydrogen-bond acceptors (Lipinski definition) is 5. The van der Waals surface area contributed by atoms with Crippen LogP contribution in [0.4, 0.5) is 4.39 Å². The molecule has 0 aromatic rings. The monoisotopic (exact) mass is 501 g/mol. The van der Waals surface area contributed by atoms with Crippen LogP contribution in [0.2, 0.25) is 0 Å². The first-order chi connectivity index (χ1) is 16.9. The number of nitrogens with zero attached hydrogens (tertiary/aromatic N) is 1. The van der Waals surface area contributed by atoms with Gasteiger partial charge < -0.3 is 15.1 Å². The SMILES string of the molecule is CCC(CC)CN1CC2CC3(C)C4CC(F)C5=CC(=O)C=CC5(C)C4C(O)CC3(C)C2(C(=O)CO)C1. The summed E-state index contributed by atoms with van der Waals surface area (Å²) in [5, 5.41) is 22.0. The molecule has 4 fully saturated rings. The number of fused-ring (bicyclic) bond motifs is 7. The standard InChI is InChI=1S/C30H44FNO4/c1-6-18(7-2)14-32-15-19-12-28(4)22-11-23(31)21-10-20(34)8-9-27(21,3)26(22)24(35)13-29(28,5)30(19,17-32)25(36)16-33/h8-10,18-19,22-24,26,33,35H,6-7,11-17H2,1-5H3. The Morgan fingerprint density at radius 2 is 1.92 bits per heavy atom. The number of carbonyl (C=O) groups is 2. The zero-order valence-electron chi connectivity index (χ0n) is 22.6. The number of allylic oxidation sites excluding steroid dienone is 4. The van der Waals surface area contributed by atoms with Gasteiger partial charge in [0.05, 0.1) is 11.5 Å². The van der Waals surface area contributed by atoms with Gasteiger partial charge in [-0.05, 0) is 65.6 Å². The number of rotatable bonds is 6. The maximum Gasteiger partial charge on any atom is 0.178 e. The number of hydrogen-bond donors (Lipinski definition) is 2. The molecule has 0 radical (unpaired) electrons. The van der Waals surface area contributed by atoms with Crippen molar-refractivity contribution in [2.75, 3.05) is 26.2 Å². The summed E-state index contributed by atoms with van der Waals surface area (Å²) in [6.45, 7) is 12.7. The number of halogens is 1. The van der Waals surface area contributed by atoms with E-state index >= 15 is 4.39 Å². The summed E-state index contributed by atoms with van der Waals surface area (Å²) in [6.07, 6.45) is 6.54. The number of aliphatic hydroxyl groups excluding tert-OH is 2. The van der Waals surface area contributed by atoms with Gasteiger partial charge in [-0.1, -0.05) is 53.5 Å². The second-order valence-electron chi connectivity index (χ2n) is 13.3. The van der Waals surface area contributed by atoms with Crippen molar-refractivity contribution >= 4 is 11.6 Å². The first kappa shape index (κ1) is 26.2. The number of likely N-dealkylation sites (tertiary alicyclic amines) is 1. The van der Waals surface area contributed by atoms with E-state index in [0.29, 0.717) is 24.5 Å². The second-order valence-corrected chi connectivity index (χ2v) is 13.3. The minimum atomic E-state index is -1.24. The lowest BCUT2D eigenvalue weighted by Crippen LogP contribution is -2.65. The minimum absolute atomic E-state index is 0.0822. The van der Waals surface area contributed by atoms with Gasteiger partial charge in [-0.2, -0.15) is 0 Å². The fourth-order valence-electron chi connectivity index (χ4n) is 10.1. The van der Waals surface area contributed by atoms with Crippen LogP contribution in [0.25, 0.3) is 0 Å². The van der Waals surface area contributed by atoms with Crippen LogP contribution in [0.15, 0.2) is 23.8 Å². The van der Waals surface area contributed by atoms with E-state index in [9.17, 15) is 19.8 Å². The van der Waals surface area contributed by atoms with Crippen molar-refractivity contribution in [3.05, 3.63) is 23.8 Å². The maximum absolute atomic E-state index is 15.8. The van der Waals surface area contributed by atoms with Gasteiger partial charge in [0.2, 0.25) is 0 Å². The number of aliphatic hydroxyl groups is 2. The van der Waals surface area contributed by atoms with E-state index in [2.05, 4.69) is 32.6 Å². The molecule has 200 valence electrons. The van der Waals surface area contributed by atoms with E-state index in [-0.39, 0.29) is 41.2 Å². The lowest BCUT2D eigenvalue weighted by molar-refractivity contribution is -0.190. The fourth-order valence-corrected chi connectivity index (χ4v) is 10.1. The Morgan fingerprint density at radius 3 is 2.56 bits per heavy atom. The Kier molecular flexibility index (Phi) is 6.25. The molecule has 9 atom stereocenters. The summed E-state index contributed by atoms with van der Waals surface area (Å²) in [4.78, 5) is 28.3. The molecule has 36 heavy (non-hydrogen) atoms. The third kappa shape index (κ3) is 3.16. The molecule has 3 saturated carbocycles. The van der Waals surface area contributed by atoms with E-state index in [1.807, 2.05) is 13.0 Å². The van der Waals surface area contributed by atoms with Crippen molar-refractivity contribution < 1.29 is 24.2 Å². The van der Waals surface area contributed by atoms with Gasteiger partial charge in [0.15, 0.2) is 11.6 Å². The summed E-state index contributed by atoms with van der Waals surface area (Å²) >= 11 is 0. The molecule has 1 aliphatic heterocycles. The van der Waals surface area contributed by atoms with Gasteiger partial charge in [0.1, 0.15) is 12.8 Å². The zero-order chi connectivity index (χ0) is 26.3. The second kappa shape index (κ2) is 8.57. The molecular weight excluding hydrogens is 457 g/mol. The Balaban J connectivity index is 1.58. The Morgan fingerprint density at radius 1 is 1.22 bits per heavy atom. The average Bonchev–Trinajstić information content (AvgIpc) is 3.28. The maximum atomic E-state index is 15.8. The third-order valence-electron chi connectivity index (χ3n) is 12.2. The van der Waals surface area contributed by atoms with Crippen LogP contribution in [-0.4, -0.2) is 65.2 Å². The molecule has 0 bridgehead atoms. The fraction of sp³-hybridized carbons (Fsp3) is 0.800. The quantitative estimate of drug-likeness (QED) is 0.572. The van der Waals surface area contributed by atoms with Crippen molar-refractivity contribution in [1.29, 1.82) is 0 Å². The number of ketones is 2. The molecule has 1 heterocycles. The first-order valence-corrected chi connectivity index (χ1v) is 14.1. The van der Waals surface area contributed by atoms with E-state index in [1.54, 1.807) is 0 Å². The summed E-state index contributed by atoms with van der Waals surface area (Å²) in [5.41, 5.74) is -1.87. The molecule has 2 N–H and O–H groups in total. The van der Waals surface area contributed by atoms with Crippen LogP contribution in [0, 0.1) is 45.3 Å². The normalized spacial score (nSPS) is 47.9. The van der Waals surface area contributed by atoms with Crippen LogP contribution in [-0.2, 0) is 9.59 Å². The van der Waals surface area contributed by atoms with Crippen LogP contribution >= 0.6 is 0 Å². The Hall–Kier alpha value is -1.37. The zero-order valence-corrected chi connectivity index (χ0v) is 22.6. The van der Waals surface area contributed by atoms with E-state index in [0.717, 1.165) is 32.4 Å². The largest absolute Gasteiger partial charge is 0.393 e. The first-order valence-electron chi connectivity index (χ1n) is 14.1. The van der Waals surface area contributed by atoms with Crippen LogP contribution in [0.1, 0.15) is 66.7 Å². The molecule has 5 rings (SSSR count). The highest BCUT2D eigenvalue weighted by Gasteiger charge is 2.77. The minimum Gasteiger partial charge on any atom is -0.393 e. The van der Waals surface area contributed by atoms with Gasteiger partial charge >= 0.3 is 0 Å². The van der Waals surface area contributed by atoms with E-state index in [1.165, 1.54) is 12.2 Å². The molecule has 4 aliphatic carbocycles. The summed E-state index contributed by atoms with van der Waals surface area (Å²) < 4.78 is 15.8. The number of alkyl halides is 1. The average molecular weight is 502 g/mol. The van der Waals surface area contributed by atoms with Gasteiger partial charge in [0.25, 0.3) is 0 Å². The third-order valence-corrected chi connectivity index (χ3v) is 12.2. The highest BCUT2D eigenvalue weighted by atomic mass is 19.1. The van der Waals surface area contributed by atoms with Gasteiger partial charge in [0, 0.05) is 31.0 Å². The molecule has 0 amide bonds. The molecule has 6 heteroatoms. The van der Waals surface area contributed by atoms with E-state index in [4.69, 9.17) is 0 Å². The molecule has 0 aromatic heterocycles. The number of carbonyl (C=O) groups excluding carboxylic acids is 2. The highest BCUT2D eigenvalue weighted by molar-refractivity contribution is 6.01. The van der Waals surface area contributed by atoms with Crippen LogP contribution in [0.5, 0.6) is 0 Å². The Bertz CT molecular complexity index is 1000. The molecule has 9 unspecified atom stereocenters. The molecule has 1 saturated heterocycles. The van der Waals surface area contributed by atoms with Crippen molar-refractivity contribution in [1.82, 2.24) is 4.90 Å². The van der Waals surface area contributed by atoms with Crippen molar-refractivity contribution in [2.45, 2.75) is 79.0 Å². The summed E-state index contributed by atoms with van der Waals surface area (Å²) in [5.74, 6) is 0.0203. The van der Waals surface area contributed by atoms with Gasteiger partial charge in [-0.15, -0.1) is 0 Å².